The Hall–Kier alpha value is -3.24. The van der Waals surface area contributed by atoms with E-state index >= 15 is 0 Å². The summed E-state index contributed by atoms with van der Waals surface area (Å²) in [5.74, 6) is -0.236. The van der Waals surface area contributed by atoms with E-state index in [1.165, 1.54) is 6.08 Å². The van der Waals surface area contributed by atoms with Crippen LogP contribution in [0.5, 0.6) is 5.75 Å². The Morgan fingerprint density at radius 1 is 1.13 bits per heavy atom. The van der Waals surface area contributed by atoms with Crippen molar-refractivity contribution < 1.29 is 17.9 Å². The van der Waals surface area contributed by atoms with Crippen molar-refractivity contribution >= 4 is 49.9 Å². The van der Waals surface area contributed by atoms with Gasteiger partial charge in [-0.1, -0.05) is 42.5 Å². The molecule has 1 N–H and O–H groups in total. The maximum atomic E-state index is 12.4. The van der Waals surface area contributed by atoms with Crippen molar-refractivity contribution in [3.63, 3.8) is 0 Å². The minimum atomic E-state index is -3.68. The fraction of sp³-hybridized carbons (Fsp3) is 0.143. The Kier molecular flexibility index (Phi) is 5.50. The van der Waals surface area contributed by atoms with E-state index in [1.807, 2.05) is 37.3 Å². The third-order valence-electron chi connectivity index (χ3n) is 4.60. The zero-order valence-electron chi connectivity index (χ0n) is 16.6. The Morgan fingerprint density at radius 3 is 2.45 bits per heavy atom. The molecule has 0 bridgehead atoms. The number of nitrogens with one attached hydrogen (secondary N) is 1. The molecule has 0 fully saturated rings. The zero-order valence-corrected chi connectivity index (χ0v) is 18.3. The average molecular weight is 455 g/mol. The first-order valence-electron chi connectivity index (χ1n) is 9.24. The van der Waals surface area contributed by atoms with Gasteiger partial charge in [-0.3, -0.25) is 10.2 Å². The first-order valence-corrected chi connectivity index (χ1v) is 11.9. The normalized spacial score (nSPS) is 18.5. The van der Waals surface area contributed by atoms with E-state index in [0.29, 0.717) is 11.3 Å². The van der Waals surface area contributed by atoms with Gasteiger partial charge in [-0.25, -0.2) is 13.3 Å². The van der Waals surface area contributed by atoms with Crippen molar-refractivity contribution in [1.82, 2.24) is 4.90 Å². The van der Waals surface area contributed by atoms with Crippen LogP contribution in [0.15, 0.2) is 69.6 Å². The highest BCUT2D eigenvalue weighted by Gasteiger charge is 2.41. The predicted octanol–water partition coefficient (Wildman–Crippen LogP) is 3.45. The van der Waals surface area contributed by atoms with Gasteiger partial charge in [0.1, 0.15) is 17.7 Å². The summed E-state index contributed by atoms with van der Waals surface area (Å²) in [6.45, 7) is 1.96. The molecular weight excluding hydrogens is 436 g/mol. The second-order valence-corrected chi connectivity index (χ2v) is 9.56. The highest BCUT2D eigenvalue weighted by molar-refractivity contribution is 8.16. The number of nitrogens with zero attached hydrogens (tertiary/aromatic N) is 3. The molecule has 1 atom stereocenters. The van der Waals surface area contributed by atoms with Gasteiger partial charge in [-0.2, -0.15) is 9.39 Å². The molecule has 0 unspecified atom stereocenters. The number of amidine groups is 3. The number of carbonyl (C=O) groups excluding carboxylic acids is 1. The first-order chi connectivity index (χ1) is 14.7. The highest BCUT2D eigenvalue weighted by atomic mass is 32.2. The molecule has 0 saturated carbocycles. The fourth-order valence-electron chi connectivity index (χ4n) is 3.04. The van der Waals surface area contributed by atoms with Gasteiger partial charge in [-0.15, -0.1) is 0 Å². The summed E-state index contributed by atoms with van der Waals surface area (Å²) in [4.78, 5) is 17.4. The van der Waals surface area contributed by atoms with Crippen LogP contribution in [0, 0.1) is 5.41 Å². The lowest BCUT2D eigenvalue weighted by molar-refractivity contribution is -0.114. The monoisotopic (exact) mass is 454 g/mol. The van der Waals surface area contributed by atoms with Crippen molar-refractivity contribution in [3.8, 4) is 5.75 Å². The van der Waals surface area contributed by atoms with Gasteiger partial charge in [0.2, 0.25) is 20.2 Å². The summed E-state index contributed by atoms with van der Waals surface area (Å²) in [7, 11) is -3.68. The third kappa shape index (κ3) is 4.30. The number of hydrogen-bond acceptors (Lipinski definition) is 7. The quantitative estimate of drug-likeness (QED) is 0.559. The van der Waals surface area contributed by atoms with Crippen LogP contribution < -0.4 is 4.74 Å². The standard InChI is InChI=1S/C21H18N4O4S2/c1-13(15-6-4-3-5-7-15)29-16-10-8-14(9-11-16)12-17-18(22)25-20(23-19(17)26)30-24-21(25)31(2,27)28/h3-13,22H,1-2H3/b17-12-,22-18?/t13-/m1/s1. The van der Waals surface area contributed by atoms with Crippen LogP contribution in [-0.4, -0.2) is 41.7 Å². The molecule has 2 heterocycles. The van der Waals surface area contributed by atoms with E-state index in [9.17, 15) is 13.2 Å². The van der Waals surface area contributed by atoms with Crippen molar-refractivity contribution in [3.05, 3.63) is 71.3 Å². The maximum absolute atomic E-state index is 12.4. The average Bonchev–Trinajstić information content (AvgIpc) is 3.17. The summed E-state index contributed by atoms with van der Waals surface area (Å²) in [6.07, 6.45) is 2.36. The van der Waals surface area contributed by atoms with Gasteiger partial charge in [0.05, 0.1) is 17.5 Å². The Balaban J connectivity index is 1.55. The Bertz CT molecular complexity index is 1250. The van der Waals surface area contributed by atoms with Crippen LogP contribution in [0.25, 0.3) is 6.08 Å². The lowest BCUT2D eigenvalue weighted by atomic mass is 10.1. The zero-order chi connectivity index (χ0) is 22.2. The van der Waals surface area contributed by atoms with Crippen molar-refractivity contribution in [2.75, 3.05) is 6.26 Å². The number of fused-ring (bicyclic) bond motifs is 1. The number of ether oxygens (including phenoxy) is 1. The largest absolute Gasteiger partial charge is 0.486 e. The van der Waals surface area contributed by atoms with E-state index in [2.05, 4.69) is 9.39 Å². The van der Waals surface area contributed by atoms with Crippen molar-refractivity contribution in [1.29, 1.82) is 5.41 Å². The molecule has 158 valence electrons. The van der Waals surface area contributed by atoms with Crippen LogP contribution in [-0.2, 0) is 14.6 Å². The molecule has 0 saturated heterocycles. The molecular formula is C21H18N4O4S2. The number of benzene rings is 2. The third-order valence-corrected chi connectivity index (χ3v) is 6.35. The number of aliphatic imine (C=N–C) groups is 1. The minimum Gasteiger partial charge on any atom is -0.486 e. The van der Waals surface area contributed by atoms with E-state index < -0.39 is 15.7 Å². The molecule has 0 aliphatic carbocycles. The summed E-state index contributed by atoms with van der Waals surface area (Å²) in [6, 6.07) is 16.9. The Morgan fingerprint density at radius 2 is 1.81 bits per heavy atom. The Labute approximate surface area is 183 Å². The molecule has 8 nitrogen and oxygen atoms in total. The molecule has 0 aromatic heterocycles. The van der Waals surface area contributed by atoms with Gasteiger partial charge in [0.15, 0.2) is 0 Å². The van der Waals surface area contributed by atoms with E-state index in [-0.39, 0.29) is 27.8 Å². The molecule has 4 rings (SSSR count). The van der Waals surface area contributed by atoms with Crippen molar-refractivity contribution in [2.24, 2.45) is 9.39 Å². The molecule has 2 aliphatic rings. The van der Waals surface area contributed by atoms with Crippen LogP contribution in [0.4, 0.5) is 0 Å². The minimum absolute atomic E-state index is 0.0195. The van der Waals surface area contributed by atoms with E-state index in [0.717, 1.165) is 28.7 Å². The lowest BCUT2D eigenvalue weighted by Crippen LogP contribution is -2.45. The highest BCUT2D eigenvalue weighted by Crippen LogP contribution is 2.30. The van der Waals surface area contributed by atoms with Crippen LogP contribution in [0.1, 0.15) is 24.2 Å². The van der Waals surface area contributed by atoms with Crippen LogP contribution in [0.2, 0.25) is 0 Å². The van der Waals surface area contributed by atoms with Crippen molar-refractivity contribution in [2.45, 2.75) is 13.0 Å². The lowest BCUT2D eigenvalue weighted by Gasteiger charge is -2.23. The van der Waals surface area contributed by atoms with Gasteiger partial charge in [-0.05, 0) is 36.3 Å². The van der Waals surface area contributed by atoms with Gasteiger partial charge in [0, 0.05) is 6.26 Å². The van der Waals surface area contributed by atoms with E-state index in [4.69, 9.17) is 10.1 Å². The molecule has 0 radical (unpaired) electrons. The predicted molar refractivity (Wildman–Crippen MR) is 122 cm³/mol. The second kappa shape index (κ2) is 8.12. The van der Waals surface area contributed by atoms with Gasteiger partial charge >= 0.3 is 0 Å². The van der Waals surface area contributed by atoms with Gasteiger partial charge < -0.3 is 4.74 Å². The molecule has 2 aromatic rings. The van der Waals surface area contributed by atoms with Gasteiger partial charge in [0.25, 0.3) is 5.91 Å². The molecule has 2 aliphatic heterocycles. The molecule has 2 aromatic carbocycles. The van der Waals surface area contributed by atoms with Crippen LogP contribution in [0.3, 0.4) is 0 Å². The number of hydrogen-bond donors (Lipinski definition) is 1. The van der Waals surface area contributed by atoms with E-state index in [1.54, 1.807) is 24.3 Å². The fourth-order valence-corrected chi connectivity index (χ4v) is 4.89. The maximum Gasteiger partial charge on any atom is 0.283 e. The number of amides is 1. The number of rotatable bonds is 4. The molecule has 0 spiro atoms. The summed E-state index contributed by atoms with van der Waals surface area (Å²) in [5.41, 5.74) is 1.68. The summed E-state index contributed by atoms with van der Waals surface area (Å²) in [5, 5.41) is 8.12. The smallest absolute Gasteiger partial charge is 0.283 e. The topological polar surface area (TPSA) is 112 Å². The molecule has 10 heteroatoms. The second-order valence-electron chi connectivity index (χ2n) is 6.92. The summed E-state index contributed by atoms with van der Waals surface area (Å²) >= 11 is 0.762. The number of carbonyl (C=O) groups is 1. The first kappa shape index (κ1) is 21.0. The SMILES string of the molecule is C[C@@H](Oc1ccc(/C=C2/C(=N)N3C(=NC2=O)SN=C3S(C)(=O)=O)cc1)c1ccccc1. The summed E-state index contributed by atoms with van der Waals surface area (Å²) < 4.78 is 33.7. The molecule has 1 amide bonds. The number of sulfone groups is 1. The molecule has 31 heavy (non-hydrogen) atoms. The van der Waals surface area contributed by atoms with Crippen LogP contribution >= 0.6 is 11.9 Å².